The standard InChI is InChI=1S/C9H16N4O2S/c1-6-4-12-9(13-5-6)8(11-3)7(2)16(10,14)15/h4-5,7-8,11H,1-3H3,(H2,10,14,15). The maximum atomic E-state index is 11.3. The van der Waals surface area contributed by atoms with E-state index in [1.54, 1.807) is 19.4 Å². The molecule has 1 rings (SSSR count). The normalized spacial score (nSPS) is 15.8. The quantitative estimate of drug-likeness (QED) is 0.759. The molecule has 0 amide bonds. The number of hydrogen-bond donors (Lipinski definition) is 2. The van der Waals surface area contributed by atoms with Crippen molar-refractivity contribution in [3.05, 3.63) is 23.8 Å². The fourth-order valence-electron chi connectivity index (χ4n) is 1.33. The Labute approximate surface area is 95.3 Å². The van der Waals surface area contributed by atoms with Crippen molar-refractivity contribution in [1.82, 2.24) is 15.3 Å². The highest BCUT2D eigenvalue weighted by Gasteiger charge is 2.28. The Balaban J connectivity index is 3.03. The third-order valence-corrected chi connectivity index (χ3v) is 3.69. The second kappa shape index (κ2) is 4.86. The van der Waals surface area contributed by atoms with Crippen molar-refractivity contribution in [2.45, 2.75) is 25.1 Å². The topological polar surface area (TPSA) is 98.0 Å². The van der Waals surface area contributed by atoms with Gasteiger partial charge in [-0.25, -0.2) is 23.5 Å². The summed E-state index contributed by atoms with van der Waals surface area (Å²) in [5.74, 6) is 0.426. The Morgan fingerprint density at radius 3 is 2.25 bits per heavy atom. The lowest BCUT2D eigenvalue weighted by Crippen LogP contribution is -2.38. The zero-order valence-corrected chi connectivity index (χ0v) is 10.3. The molecule has 1 aromatic heterocycles. The van der Waals surface area contributed by atoms with Crippen LogP contribution in [-0.4, -0.2) is 30.7 Å². The van der Waals surface area contributed by atoms with Crippen molar-refractivity contribution in [3.8, 4) is 0 Å². The Hall–Kier alpha value is -1.05. The number of hydrogen-bond acceptors (Lipinski definition) is 5. The van der Waals surface area contributed by atoms with Gasteiger partial charge in [-0.1, -0.05) is 0 Å². The largest absolute Gasteiger partial charge is 0.309 e. The predicted octanol–water partition coefficient (Wildman–Crippen LogP) is -0.277. The Morgan fingerprint density at radius 1 is 1.38 bits per heavy atom. The van der Waals surface area contributed by atoms with Crippen molar-refractivity contribution < 1.29 is 8.42 Å². The third-order valence-electron chi connectivity index (χ3n) is 2.38. The second-order valence-corrected chi connectivity index (χ2v) is 5.60. The SMILES string of the molecule is CNC(c1ncc(C)cn1)C(C)S(N)(=O)=O. The fourth-order valence-corrected chi connectivity index (χ4v) is 1.96. The van der Waals surface area contributed by atoms with Crippen LogP contribution in [-0.2, 0) is 10.0 Å². The summed E-state index contributed by atoms with van der Waals surface area (Å²) in [6.45, 7) is 3.39. The molecular formula is C9H16N4O2S. The molecule has 16 heavy (non-hydrogen) atoms. The Kier molecular flexibility index (Phi) is 3.95. The van der Waals surface area contributed by atoms with Gasteiger partial charge in [0.1, 0.15) is 5.82 Å². The molecule has 6 nitrogen and oxygen atoms in total. The zero-order valence-electron chi connectivity index (χ0n) is 9.51. The van der Waals surface area contributed by atoms with Crippen LogP contribution in [0.2, 0.25) is 0 Å². The highest BCUT2D eigenvalue weighted by Crippen LogP contribution is 2.16. The van der Waals surface area contributed by atoms with E-state index < -0.39 is 21.3 Å². The van der Waals surface area contributed by atoms with Crippen LogP contribution in [0.4, 0.5) is 0 Å². The van der Waals surface area contributed by atoms with Gasteiger partial charge in [0, 0.05) is 12.4 Å². The minimum Gasteiger partial charge on any atom is -0.309 e. The van der Waals surface area contributed by atoms with Gasteiger partial charge in [-0.15, -0.1) is 0 Å². The summed E-state index contributed by atoms with van der Waals surface area (Å²) in [6, 6.07) is -0.504. The Bertz CT molecular complexity index is 443. The molecule has 0 saturated heterocycles. The van der Waals surface area contributed by atoms with Gasteiger partial charge >= 0.3 is 0 Å². The van der Waals surface area contributed by atoms with Crippen LogP contribution in [0, 0.1) is 6.92 Å². The van der Waals surface area contributed by atoms with E-state index in [4.69, 9.17) is 5.14 Å². The minimum absolute atomic E-state index is 0.426. The molecular weight excluding hydrogens is 228 g/mol. The summed E-state index contributed by atoms with van der Waals surface area (Å²) in [5.41, 5.74) is 0.918. The Morgan fingerprint density at radius 2 is 1.88 bits per heavy atom. The van der Waals surface area contributed by atoms with Gasteiger partial charge in [0.15, 0.2) is 0 Å². The van der Waals surface area contributed by atoms with Crippen LogP contribution < -0.4 is 10.5 Å². The average Bonchev–Trinajstić information content (AvgIpc) is 2.20. The molecule has 0 aromatic carbocycles. The number of aromatic nitrogens is 2. The van der Waals surface area contributed by atoms with Gasteiger partial charge in [-0.2, -0.15) is 0 Å². The van der Waals surface area contributed by atoms with E-state index >= 15 is 0 Å². The number of nitrogens with zero attached hydrogens (tertiary/aromatic N) is 2. The van der Waals surface area contributed by atoms with Gasteiger partial charge in [-0.05, 0) is 26.5 Å². The van der Waals surface area contributed by atoms with Gasteiger partial charge < -0.3 is 5.32 Å². The van der Waals surface area contributed by atoms with E-state index in [0.29, 0.717) is 5.82 Å². The van der Waals surface area contributed by atoms with Gasteiger partial charge in [-0.3, -0.25) is 0 Å². The average molecular weight is 244 g/mol. The van der Waals surface area contributed by atoms with E-state index in [2.05, 4.69) is 15.3 Å². The van der Waals surface area contributed by atoms with E-state index in [1.807, 2.05) is 6.92 Å². The molecule has 90 valence electrons. The van der Waals surface area contributed by atoms with Crippen molar-refractivity contribution >= 4 is 10.0 Å². The molecule has 0 bridgehead atoms. The van der Waals surface area contributed by atoms with Gasteiger partial charge in [0.2, 0.25) is 10.0 Å². The van der Waals surface area contributed by atoms with Gasteiger partial charge in [0.05, 0.1) is 11.3 Å². The van der Waals surface area contributed by atoms with E-state index in [-0.39, 0.29) is 0 Å². The molecule has 1 aromatic rings. The lowest BCUT2D eigenvalue weighted by molar-refractivity contribution is 0.513. The summed E-state index contributed by atoms with van der Waals surface area (Å²) < 4.78 is 22.5. The molecule has 1 heterocycles. The predicted molar refractivity (Wildman–Crippen MR) is 61.1 cm³/mol. The summed E-state index contributed by atoms with van der Waals surface area (Å²) >= 11 is 0. The summed E-state index contributed by atoms with van der Waals surface area (Å²) in [6.07, 6.45) is 3.28. The first-order valence-corrected chi connectivity index (χ1v) is 6.44. The van der Waals surface area contributed by atoms with Crippen LogP contribution in [0.5, 0.6) is 0 Å². The summed E-state index contributed by atoms with van der Waals surface area (Å²) in [4.78, 5) is 8.18. The smallest absolute Gasteiger partial charge is 0.213 e. The lowest BCUT2D eigenvalue weighted by atomic mass is 10.2. The molecule has 0 fully saturated rings. The summed E-state index contributed by atoms with van der Waals surface area (Å²) in [7, 11) is -1.97. The molecule has 0 aliphatic heterocycles. The van der Waals surface area contributed by atoms with Crippen LogP contribution in [0.15, 0.2) is 12.4 Å². The molecule has 0 aliphatic carbocycles. The first kappa shape index (κ1) is 13.0. The molecule has 2 atom stereocenters. The first-order chi connectivity index (χ1) is 7.36. The molecule has 2 unspecified atom stereocenters. The van der Waals surface area contributed by atoms with Crippen molar-refractivity contribution in [2.75, 3.05) is 7.05 Å². The number of aryl methyl sites for hydroxylation is 1. The van der Waals surface area contributed by atoms with E-state index in [9.17, 15) is 8.42 Å². The molecule has 0 aliphatic rings. The van der Waals surface area contributed by atoms with Crippen molar-refractivity contribution in [1.29, 1.82) is 0 Å². The molecule has 0 saturated carbocycles. The molecule has 0 radical (unpaired) electrons. The second-order valence-electron chi connectivity index (χ2n) is 3.68. The van der Waals surface area contributed by atoms with Crippen LogP contribution in [0.3, 0.4) is 0 Å². The van der Waals surface area contributed by atoms with Crippen molar-refractivity contribution in [2.24, 2.45) is 5.14 Å². The highest BCUT2D eigenvalue weighted by molar-refractivity contribution is 7.89. The number of rotatable bonds is 4. The van der Waals surface area contributed by atoms with Crippen molar-refractivity contribution in [3.63, 3.8) is 0 Å². The number of sulfonamides is 1. The highest BCUT2D eigenvalue weighted by atomic mass is 32.2. The van der Waals surface area contributed by atoms with E-state index in [1.165, 1.54) is 6.92 Å². The number of nitrogens with two attached hydrogens (primary N) is 1. The minimum atomic E-state index is -3.61. The van der Waals surface area contributed by atoms with E-state index in [0.717, 1.165) is 5.56 Å². The summed E-state index contributed by atoms with van der Waals surface area (Å²) in [5, 5.41) is 7.18. The molecule has 7 heteroatoms. The van der Waals surface area contributed by atoms with Crippen LogP contribution >= 0.6 is 0 Å². The van der Waals surface area contributed by atoms with Gasteiger partial charge in [0.25, 0.3) is 0 Å². The number of nitrogens with one attached hydrogen (secondary N) is 1. The molecule has 3 N–H and O–H groups in total. The maximum Gasteiger partial charge on any atom is 0.213 e. The monoisotopic (exact) mass is 244 g/mol. The first-order valence-electron chi connectivity index (χ1n) is 4.83. The third kappa shape index (κ3) is 2.97. The zero-order chi connectivity index (χ0) is 12.3. The maximum absolute atomic E-state index is 11.3. The van der Waals surface area contributed by atoms with Crippen LogP contribution in [0.1, 0.15) is 24.4 Å². The fraction of sp³-hybridized carbons (Fsp3) is 0.556. The number of primary sulfonamides is 1. The molecule has 0 spiro atoms. The van der Waals surface area contributed by atoms with Crippen LogP contribution in [0.25, 0.3) is 0 Å². The lowest BCUT2D eigenvalue weighted by Gasteiger charge is -2.20.